The van der Waals surface area contributed by atoms with Crippen molar-refractivity contribution < 1.29 is 4.74 Å². The van der Waals surface area contributed by atoms with Crippen LogP contribution < -0.4 is 0 Å². The van der Waals surface area contributed by atoms with Crippen LogP contribution >= 0.6 is 11.8 Å². The summed E-state index contributed by atoms with van der Waals surface area (Å²) in [6.45, 7) is 10.6. The molecule has 3 heteroatoms. The average Bonchev–Trinajstić information content (AvgIpc) is 2.25. The Labute approximate surface area is 98.1 Å². The number of hydrogen-bond donors (Lipinski definition) is 0. The highest BCUT2D eigenvalue weighted by atomic mass is 32.2. The second-order valence-corrected chi connectivity index (χ2v) is 5.19. The van der Waals surface area contributed by atoms with Crippen LogP contribution in [0.1, 0.15) is 27.2 Å². The van der Waals surface area contributed by atoms with Crippen molar-refractivity contribution in [1.29, 1.82) is 0 Å². The van der Waals surface area contributed by atoms with E-state index >= 15 is 0 Å². The predicted molar refractivity (Wildman–Crippen MR) is 68.1 cm³/mol. The standard InChI is InChI=1S/C12H23NOS/c1-4-12(10-15-9-11(2)3)13-5-7-14-8-6-13/h10-11H,4-9H2,1-3H3/b12-10+. The molecule has 0 bridgehead atoms. The average molecular weight is 229 g/mol. The normalized spacial score (nSPS) is 18.7. The molecule has 1 heterocycles. The molecule has 0 unspecified atom stereocenters. The molecule has 2 nitrogen and oxygen atoms in total. The zero-order valence-corrected chi connectivity index (χ0v) is 11.0. The smallest absolute Gasteiger partial charge is 0.0642 e. The van der Waals surface area contributed by atoms with E-state index < -0.39 is 0 Å². The zero-order valence-electron chi connectivity index (χ0n) is 10.2. The van der Waals surface area contributed by atoms with E-state index in [1.54, 1.807) is 0 Å². The van der Waals surface area contributed by atoms with Gasteiger partial charge in [0.1, 0.15) is 0 Å². The van der Waals surface area contributed by atoms with Crippen LogP contribution in [-0.2, 0) is 4.74 Å². The first kappa shape index (κ1) is 12.9. The monoisotopic (exact) mass is 229 g/mol. The molecule has 0 atom stereocenters. The summed E-state index contributed by atoms with van der Waals surface area (Å²) < 4.78 is 5.36. The van der Waals surface area contributed by atoms with Crippen molar-refractivity contribution in [3.05, 3.63) is 11.1 Å². The molecule has 88 valence electrons. The summed E-state index contributed by atoms with van der Waals surface area (Å²) in [5.41, 5.74) is 1.48. The summed E-state index contributed by atoms with van der Waals surface area (Å²) in [5.74, 6) is 1.99. The fourth-order valence-corrected chi connectivity index (χ4v) is 2.56. The van der Waals surface area contributed by atoms with Crippen LogP contribution in [0.5, 0.6) is 0 Å². The second-order valence-electron chi connectivity index (χ2n) is 4.29. The van der Waals surface area contributed by atoms with Gasteiger partial charge >= 0.3 is 0 Å². The summed E-state index contributed by atoms with van der Waals surface area (Å²) >= 11 is 1.94. The van der Waals surface area contributed by atoms with Crippen LogP contribution in [0, 0.1) is 5.92 Å². The van der Waals surface area contributed by atoms with E-state index in [-0.39, 0.29) is 0 Å². The Balaban J connectivity index is 2.38. The van der Waals surface area contributed by atoms with E-state index in [2.05, 4.69) is 31.1 Å². The first-order valence-electron chi connectivity index (χ1n) is 5.87. The molecule has 0 aromatic carbocycles. The SMILES string of the molecule is CC/C(=C\SCC(C)C)N1CCOCC1. The van der Waals surface area contributed by atoms with Crippen LogP contribution in [0.3, 0.4) is 0 Å². The van der Waals surface area contributed by atoms with Crippen LogP contribution in [0.15, 0.2) is 11.1 Å². The van der Waals surface area contributed by atoms with Crippen LogP contribution in [0.25, 0.3) is 0 Å². The molecule has 0 spiro atoms. The second kappa shape index (κ2) is 7.18. The van der Waals surface area contributed by atoms with Crippen LogP contribution in [0.4, 0.5) is 0 Å². The van der Waals surface area contributed by atoms with Crippen molar-refractivity contribution in [3.63, 3.8) is 0 Å². The number of nitrogens with zero attached hydrogens (tertiary/aromatic N) is 1. The first-order chi connectivity index (χ1) is 7.24. The van der Waals surface area contributed by atoms with E-state index in [4.69, 9.17) is 4.74 Å². The molecule has 15 heavy (non-hydrogen) atoms. The highest BCUT2D eigenvalue weighted by Crippen LogP contribution is 2.18. The van der Waals surface area contributed by atoms with Crippen molar-refractivity contribution in [1.82, 2.24) is 4.90 Å². The summed E-state index contributed by atoms with van der Waals surface area (Å²) in [4.78, 5) is 2.46. The first-order valence-corrected chi connectivity index (χ1v) is 6.92. The summed E-state index contributed by atoms with van der Waals surface area (Å²) in [7, 11) is 0. The maximum atomic E-state index is 5.36. The predicted octanol–water partition coefficient (Wildman–Crippen LogP) is 2.96. The molecule has 1 aliphatic rings. The maximum Gasteiger partial charge on any atom is 0.0642 e. The Morgan fingerprint density at radius 2 is 2.07 bits per heavy atom. The Bertz CT molecular complexity index is 198. The maximum absolute atomic E-state index is 5.36. The molecule has 1 fully saturated rings. The number of ether oxygens (including phenoxy) is 1. The van der Waals surface area contributed by atoms with Crippen molar-refractivity contribution in [2.75, 3.05) is 32.1 Å². The van der Waals surface area contributed by atoms with Gasteiger partial charge in [0, 0.05) is 18.8 Å². The summed E-state index contributed by atoms with van der Waals surface area (Å²) in [6, 6.07) is 0. The lowest BCUT2D eigenvalue weighted by atomic mass is 10.3. The minimum absolute atomic E-state index is 0.772. The van der Waals surface area contributed by atoms with Crippen molar-refractivity contribution >= 4 is 11.8 Å². The van der Waals surface area contributed by atoms with E-state index in [9.17, 15) is 0 Å². The lowest BCUT2D eigenvalue weighted by molar-refractivity contribution is 0.0525. The minimum atomic E-state index is 0.772. The van der Waals surface area contributed by atoms with Crippen molar-refractivity contribution in [3.8, 4) is 0 Å². The Morgan fingerprint density at radius 3 is 2.60 bits per heavy atom. The number of morpholine rings is 1. The van der Waals surface area contributed by atoms with Crippen molar-refractivity contribution in [2.24, 2.45) is 5.92 Å². The fraction of sp³-hybridized carbons (Fsp3) is 0.833. The summed E-state index contributed by atoms with van der Waals surface area (Å²) in [5, 5.41) is 2.34. The Kier molecular flexibility index (Phi) is 6.18. The van der Waals surface area contributed by atoms with Gasteiger partial charge in [-0.3, -0.25) is 0 Å². The molecular weight excluding hydrogens is 206 g/mol. The highest BCUT2D eigenvalue weighted by molar-refractivity contribution is 8.02. The molecule has 0 N–H and O–H groups in total. The number of thioether (sulfide) groups is 1. The van der Waals surface area contributed by atoms with Gasteiger partial charge in [0.05, 0.1) is 13.2 Å². The zero-order chi connectivity index (χ0) is 11.1. The summed E-state index contributed by atoms with van der Waals surface area (Å²) in [6.07, 6.45) is 1.13. The molecule has 1 saturated heterocycles. The number of allylic oxidation sites excluding steroid dienone is 1. The van der Waals surface area contributed by atoms with Gasteiger partial charge in [-0.1, -0.05) is 20.8 Å². The molecule has 1 rings (SSSR count). The molecular formula is C12H23NOS. The lowest BCUT2D eigenvalue weighted by Gasteiger charge is -2.30. The molecule has 0 aromatic heterocycles. The van der Waals surface area contributed by atoms with Gasteiger partial charge in [-0.2, -0.15) is 0 Å². The largest absolute Gasteiger partial charge is 0.378 e. The highest BCUT2D eigenvalue weighted by Gasteiger charge is 2.11. The Hall–Kier alpha value is -0.150. The van der Waals surface area contributed by atoms with E-state index in [1.165, 1.54) is 11.4 Å². The molecule has 0 radical (unpaired) electrons. The van der Waals surface area contributed by atoms with Crippen molar-refractivity contribution in [2.45, 2.75) is 27.2 Å². The topological polar surface area (TPSA) is 12.5 Å². The van der Waals surface area contributed by atoms with Gasteiger partial charge in [0.25, 0.3) is 0 Å². The van der Waals surface area contributed by atoms with Crippen LogP contribution in [-0.4, -0.2) is 37.0 Å². The minimum Gasteiger partial charge on any atom is -0.378 e. The van der Waals surface area contributed by atoms with E-state index in [1.807, 2.05) is 11.8 Å². The number of rotatable bonds is 5. The Morgan fingerprint density at radius 1 is 1.40 bits per heavy atom. The van der Waals surface area contributed by atoms with Gasteiger partial charge in [-0.15, -0.1) is 11.8 Å². The molecule has 0 aromatic rings. The molecule has 0 aliphatic carbocycles. The molecule has 0 saturated carbocycles. The lowest BCUT2D eigenvalue weighted by Crippen LogP contribution is -2.35. The third-order valence-electron chi connectivity index (χ3n) is 2.43. The third-order valence-corrected chi connectivity index (χ3v) is 3.73. The molecule has 0 amide bonds. The van der Waals surface area contributed by atoms with E-state index in [0.717, 1.165) is 38.6 Å². The van der Waals surface area contributed by atoms with E-state index in [0.29, 0.717) is 0 Å². The quantitative estimate of drug-likeness (QED) is 0.719. The third kappa shape index (κ3) is 4.94. The fourth-order valence-electron chi connectivity index (χ4n) is 1.57. The van der Waals surface area contributed by atoms with Gasteiger partial charge < -0.3 is 9.64 Å². The van der Waals surface area contributed by atoms with Gasteiger partial charge in [-0.05, 0) is 23.5 Å². The van der Waals surface area contributed by atoms with Crippen LogP contribution in [0.2, 0.25) is 0 Å². The molecule has 1 aliphatic heterocycles. The number of hydrogen-bond acceptors (Lipinski definition) is 3. The van der Waals surface area contributed by atoms with Gasteiger partial charge in [0.15, 0.2) is 0 Å². The van der Waals surface area contributed by atoms with Gasteiger partial charge in [-0.25, -0.2) is 0 Å². The van der Waals surface area contributed by atoms with Gasteiger partial charge in [0.2, 0.25) is 0 Å².